The number of anilines is 2. The number of tetrazole rings is 1. The van der Waals surface area contributed by atoms with E-state index in [4.69, 9.17) is 5.73 Å². The molecule has 4 N–H and O–H groups in total. The van der Waals surface area contributed by atoms with Gasteiger partial charge in [0.2, 0.25) is 12.2 Å². The lowest BCUT2D eigenvalue weighted by molar-refractivity contribution is -0.115. The molecule has 0 saturated heterocycles. The van der Waals surface area contributed by atoms with E-state index in [0.29, 0.717) is 30.3 Å². The Bertz CT molecular complexity index is 1550. The van der Waals surface area contributed by atoms with Crippen LogP contribution < -0.4 is 16.6 Å². The number of rotatable bonds is 8. The minimum absolute atomic E-state index is 0.144. The molecule has 0 saturated carbocycles. The Morgan fingerprint density at radius 3 is 2.23 bits per heavy atom. The van der Waals surface area contributed by atoms with E-state index in [9.17, 15) is 9.59 Å². The van der Waals surface area contributed by atoms with Crippen molar-refractivity contribution in [2.45, 2.75) is 13.1 Å². The summed E-state index contributed by atoms with van der Waals surface area (Å²) in [6.07, 6.45) is 2.48. The monoisotopic (exact) mass is 522 g/mol. The van der Waals surface area contributed by atoms with Crippen LogP contribution in [-0.4, -0.2) is 50.6 Å². The first-order valence-electron chi connectivity index (χ1n) is 12.3. The lowest BCUT2D eigenvalue weighted by atomic mass is 9.98. The van der Waals surface area contributed by atoms with Gasteiger partial charge in [-0.15, -0.1) is 10.2 Å². The van der Waals surface area contributed by atoms with E-state index in [1.807, 2.05) is 78.9 Å². The second kappa shape index (κ2) is 12.8. The van der Waals surface area contributed by atoms with E-state index in [2.05, 4.69) is 25.9 Å². The highest BCUT2D eigenvalue weighted by atomic mass is 16.1. The van der Waals surface area contributed by atoms with Crippen molar-refractivity contribution in [1.29, 1.82) is 0 Å². The molecule has 0 aliphatic heterocycles. The first kappa shape index (κ1) is 26.8. The van der Waals surface area contributed by atoms with Crippen molar-refractivity contribution >= 4 is 17.8 Å². The van der Waals surface area contributed by atoms with E-state index in [0.717, 1.165) is 34.2 Å². The highest BCUT2D eigenvalue weighted by molar-refractivity contribution is 5.80. The molecule has 10 nitrogen and oxygen atoms in total. The Morgan fingerprint density at radius 1 is 0.923 bits per heavy atom. The first-order chi connectivity index (χ1) is 19.0. The van der Waals surface area contributed by atoms with E-state index in [-0.39, 0.29) is 5.56 Å². The lowest BCUT2D eigenvalue weighted by Crippen LogP contribution is -2.24. The Labute approximate surface area is 226 Å². The Balaban J connectivity index is 0.000000648. The third kappa shape index (κ3) is 6.95. The maximum Gasteiger partial charge on any atom is 0.276 e. The number of amides is 1. The molecule has 0 unspecified atom stereocenters. The molecule has 3 aromatic carbocycles. The smallest absolute Gasteiger partial charge is 0.276 e. The van der Waals surface area contributed by atoms with Crippen molar-refractivity contribution in [3.63, 3.8) is 0 Å². The van der Waals surface area contributed by atoms with Gasteiger partial charge in [0.15, 0.2) is 0 Å². The van der Waals surface area contributed by atoms with Crippen molar-refractivity contribution in [3.8, 4) is 22.5 Å². The molecule has 0 atom stereocenters. The number of H-pyrrole nitrogens is 1. The number of aromatic amines is 1. The third-order valence-electron chi connectivity index (χ3n) is 5.85. The fourth-order valence-electron chi connectivity index (χ4n) is 3.87. The van der Waals surface area contributed by atoms with Crippen LogP contribution in [-0.2, 0) is 17.9 Å². The number of hydrogen-bond acceptors (Lipinski definition) is 7. The fraction of sp³-hybridized carbons (Fsp3) is 0.138. The molecule has 5 rings (SSSR count). The molecular formula is C29H30N8O2. The van der Waals surface area contributed by atoms with Crippen LogP contribution in [0.3, 0.4) is 0 Å². The lowest BCUT2D eigenvalue weighted by Gasteiger charge is -2.13. The van der Waals surface area contributed by atoms with Crippen LogP contribution in [0.2, 0.25) is 0 Å². The average Bonchev–Trinajstić information content (AvgIpc) is 3.51. The molecule has 0 bridgehead atoms. The van der Waals surface area contributed by atoms with Gasteiger partial charge in [-0.25, -0.2) is 0 Å². The van der Waals surface area contributed by atoms with Gasteiger partial charge in [0, 0.05) is 32.4 Å². The zero-order valence-electron chi connectivity index (χ0n) is 21.8. The van der Waals surface area contributed by atoms with Crippen LogP contribution in [0, 0.1) is 0 Å². The summed E-state index contributed by atoms with van der Waals surface area (Å²) in [4.78, 5) is 23.9. The molecule has 2 aromatic heterocycles. The van der Waals surface area contributed by atoms with Crippen LogP contribution in [0.5, 0.6) is 0 Å². The van der Waals surface area contributed by atoms with Crippen molar-refractivity contribution in [3.05, 3.63) is 113 Å². The topological polar surface area (TPSA) is 135 Å². The number of carbonyl (C=O) groups excluding carboxylic acids is 1. The number of carbonyl (C=O) groups is 1. The summed E-state index contributed by atoms with van der Waals surface area (Å²) < 4.78 is 1.66. The number of benzene rings is 3. The average molecular weight is 523 g/mol. The summed E-state index contributed by atoms with van der Waals surface area (Å²) in [5.41, 5.74) is 11.8. The van der Waals surface area contributed by atoms with E-state index in [1.54, 1.807) is 30.9 Å². The fourth-order valence-corrected chi connectivity index (χ4v) is 3.87. The van der Waals surface area contributed by atoms with Crippen LogP contribution in [0.1, 0.15) is 11.1 Å². The minimum atomic E-state index is -0.144. The predicted octanol–water partition coefficient (Wildman–Crippen LogP) is 3.64. The standard InChI is InChI=1S/C26H23N7O.C3H7NO/c27-23-14-15-33(17-19-6-2-1-3-7-19)26(34)24(23)28-16-18-10-12-20(13-11-18)21-8-4-5-9-22(21)25-29-31-32-30-25;1-4(2)3-5/h1-15,28H,16-17,27H2,(H,29,30,31,32);3H,1-2H3. The SMILES string of the molecule is CN(C)C=O.Nc1ccn(Cc2ccccc2)c(=O)c1NCc1ccc(-c2ccccc2-c2nn[nH]n2)cc1. The van der Waals surface area contributed by atoms with Crippen LogP contribution in [0.4, 0.5) is 11.4 Å². The van der Waals surface area contributed by atoms with Crippen molar-refractivity contribution in [1.82, 2.24) is 30.1 Å². The maximum absolute atomic E-state index is 13.0. The highest BCUT2D eigenvalue weighted by Crippen LogP contribution is 2.29. The Morgan fingerprint density at radius 2 is 1.59 bits per heavy atom. The molecule has 5 aromatic rings. The maximum atomic E-state index is 13.0. The molecule has 0 aliphatic rings. The molecule has 198 valence electrons. The van der Waals surface area contributed by atoms with Gasteiger partial charge in [-0.1, -0.05) is 78.9 Å². The predicted molar refractivity (Wildman–Crippen MR) is 153 cm³/mol. The van der Waals surface area contributed by atoms with Gasteiger partial charge in [0.05, 0.1) is 12.2 Å². The number of hydrogen-bond donors (Lipinski definition) is 3. The van der Waals surface area contributed by atoms with Crippen molar-refractivity contribution in [2.24, 2.45) is 0 Å². The summed E-state index contributed by atoms with van der Waals surface area (Å²) in [7, 11) is 3.38. The van der Waals surface area contributed by atoms with Gasteiger partial charge in [-0.05, 0) is 33.5 Å². The van der Waals surface area contributed by atoms with Gasteiger partial charge < -0.3 is 20.5 Å². The summed E-state index contributed by atoms with van der Waals surface area (Å²) in [6, 6.07) is 27.7. The summed E-state index contributed by atoms with van der Waals surface area (Å²) in [5.74, 6) is 0.549. The van der Waals surface area contributed by atoms with Gasteiger partial charge in [0.1, 0.15) is 5.69 Å². The largest absolute Gasteiger partial charge is 0.397 e. The van der Waals surface area contributed by atoms with Gasteiger partial charge in [0.25, 0.3) is 5.56 Å². The normalized spacial score (nSPS) is 10.3. The van der Waals surface area contributed by atoms with Crippen LogP contribution in [0.25, 0.3) is 22.5 Å². The summed E-state index contributed by atoms with van der Waals surface area (Å²) in [6.45, 7) is 0.963. The Hall–Kier alpha value is -5.25. The number of nitrogens with two attached hydrogens (primary N) is 1. The molecular weight excluding hydrogens is 492 g/mol. The second-order valence-electron chi connectivity index (χ2n) is 8.97. The van der Waals surface area contributed by atoms with Gasteiger partial charge in [-0.2, -0.15) is 5.21 Å². The van der Waals surface area contributed by atoms with Gasteiger partial charge in [-0.3, -0.25) is 9.59 Å². The molecule has 0 spiro atoms. The van der Waals surface area contributed by atoms with E-state index >= 15 is 0 Å². The van der Waals surface area contributed by atoms with Crippen LogP contribution >= 0.6 is 0 Å². The zero-order chi connectivity index (χ0) is 27.6. The third-order valence-corrected chi connectivity index (χ3v) is 5.85. The highest BCUT2D eigenvalue weighted by Gasteiger charge is 2.11. The number of aromatic nitrogens is 5. The molecule has 2 heterocycles. The number of nitrogens with one attached hydrogen (secondary N) is 2. The number of nitrogens with zero attached hydrogens (tertiary/aromatic N) is 5. The second-order valence-corrected chi connectivity index (χ2v) is 8.97. The zero-order valence-corrected chi connectivity index (χ0v) is 21.8. The van der Waals surface area contributed by atoms with Gasteiger partial charge >= 0.3 is 0 Å². The van der Waals surface area contributed by atoms with E-state index < -0.39 is 0 Å². The van der Waals surface area contributed by atoms with E-state index in [1.165, 1.54) is 4.90 Å². The number of nitrogen functional groups attached to an aromatic ring is 1. The van der Waals surface area contributed by atoms with Crippen molar-refractivity contribution in [2.75, 3.05) is 25.1 Å². The Kier molecular flexibility index (Phi) is 8.81. The molecule has 10 heteroatoms. The minimum Gasteiger partial charge on any atom is -0.397 e. The quantitative estimate of drug-likeness (QED) is 0.265. The summed E-state index contributed by atoms with van der Waals surface area (Å²) in [5, 5.41) is 17.6. The molecule has 0 fully saturated rings. The molecule has 0 aliphatic carbocycles. The summed E-state index contributed by atoms with van der Waals surface area (Å²) >= 11 is 0. The molecule has 0 radical (unpaired) electrons. The van der Waals surface area contributed by atoms with Crippen molar-refractivity contribution < 1.29 is 4.79 Å². The molecule has 39 heavy (non-hydrogen) atoms. The number of pyridine rings is 1. The molecule has 1 amide bonds. The van der Waals surface area contributed by atoms with Crippen LogP contribution in [0.15, 0.2) is 95.9 Å². The first-order valence-corrected chi connectivity index (χ1v) is 12.3.